The van der Waals surface area contributed by atoms with E-state index in [9.17, 15) is 18.0 Å². The second kappa shape index (κ2) is 5.46. The number of nitrogens with one attached hydrogen (secondary N) is 2. The van der Waals surface area contributed by atoms with Gasteiger partial charge in [-0.3, -0.25) is 9.78 Å². The number of sulfonamides is 1. The molecule has 2 aromatic heterocycles. The summed E-state index contributed by atoms with van der Waals surface area (Å²) >= 11 is 0. The minimum atomic E-state index is -3.28. The van der Waals surface area contributed by atoms with Gasteiger partial charge in [0.2, 0.25) is 10.0 Å². The van der Waals surface area contributed by atoms with Crippen LogP contribution < -0.4 is 5.69 Å². The van der Waals surface area contributed by atoms with Crippen molar-refractivity contribution >= 4 is 27.1 Å². The van der Waals surface area contributed by atoms with Crippen molar-refractivity contribution in [1.82, 2.24) is 24.2 Å². The average Bonchev–Trinajstić information content (AvgIpc) is 2.84. The Morgan fingerprint density at radius 2 is 2.04 bits per heavy atom. The SMILES string of the molecule is C[C@H]1CN(C(=O)c2ccc3[nH]c(=O)[nH]c3n2)CCN1S(C)(=O)=O. The Bertz CT molecular complexity index is 916. The zero-order valence-corrected chi connectivity index (χ0v) is 13.6. The Hall–Kier alpha value is -2.20. The molecule has 1 atom stereocenters. The standard InChI is InChI=1S/C13H17N5O4S/c1-8-7-17(5-6-18(8)23(2,21)22)12(19)10-4-3-9-11(14-10)16-13(20)15-9/h3-4,8H,5-7H2,1-2H3,(H2,14,15,16,20)/t8-/m0/s1. The zero-order chi connectivity index (χ0) is 16.8. The Labute approximate surface area is 132 Å². The number of aromatic amines is 2. The summed E-state index contributed by atoms with van der Waals surface area (Å²) < 4.78 is 24.7. The number of imidazole rings is 1. The number of carbonyl (C=O) groups is 1. The second-order valence-corrected chi connectivity index (χ2v) is 7.58. The summed E-state index contributed by atoms with van der Waals surface area (Å²) in [6, 6.07) is 2.87. The van der Waals surface area contributed by atoms with Crippen molar-refractivity contribution in [2.75, 3.05) is 25.9 Å². The maximum atomic E-state index is 12.5. The number of nitrogens with zero attached hydrogens (tertiary/aromatic N) is 3. The molecule has 0 bridgehead atoms. The highest BCUT2D eigenvalue weighted by molar-refractivity contribution is 7.88. The number of hydrogen-bond acceptors (Lipinski definition) is 5. The first kappa shape index (κ1) is 15.7. The van der Waals surface area contributed by atoms with Crippen LogP contribution in [0.25, 0.3) is 11.2 Å². The van der Waals surface area contributed by atoms with Crippen LogP contribution in [0.3, 0.4) is 0 Å². The highest BCUT2D eigenvalue weighted by Gasteiger charge is 2.32. The van der Waals surface area contributed by atoms with Crippen molar-refractivity contribution in [2.45, 2.75) is 13.0 Å². The minimum absolute atomic E-state index is 0.216. The third kappa shape index (κ3) is 2.99. The fourth-order valence-corrected chi connectivity index (χ4v) is 3.95. The molecule has 10 heteroatoms. The molecule has 124 valence electrons. The van der Waals surface area contributed by atoms with Crippen molar-refractivity contribution in [3.8, 4) is 0 Å². The molecular formula is C13H17N5O4S. The molecule has 9 nitrogen and oxygen atoms in total. The van der Waals surface area contributed by atoms with Crippen LogP contribution in [-0.2, 0) is 10.0 Å². The maximum Gasteiger partial charge on any atom is 0.325 e. The quantitative estimate of drug-likeness (QED) is 0.754. The third-order valence-electron chi connectivity index (χ3n) is 3.87. The van der Waals surface area contributed by atoms with E-state index in [-0.39, 0.29) is 29.9 Å². The molecule has 1 fully saturated rings. The largest absolute Gasteiger partial charge is 0.334 e. The summed E-state index contributed by atoms with van der Waals surface area (Å²) in [4.78, 5) is 34.6. The van der Waals surface area contributed by atoms with Crippen LogP contribution in [0.1, 0.15) is 17.4 Å². The molecule has 23 heavy (non-hydrogen) atoms. The van der Waals surface area contributed by atoms with Crippen LogP contribution in [0, 0.1) is 0 Å². The summed E-state index contributed by atoms with van der Waals surface area (Å²) in [5, 5.41) is 0. The van der Waals surface area contributed by atoms with Crippen LogP contribution in [0.2, 0.25) is 0 Å². The first-order valence-corrected chi connectivity index (χ1v) is 8.95. The predicted octanol–water partition coefficient (Wildman–Crippen LogP) is -0.643. The number of H-pyrrole nitrogens is 2. The van der Waals surface area contributed by atoms with Crippen molar-refractivity contribution in [2.24, 2.45) is 0 Å². The average molecular weight is 339 g/mol. The van der Waals surface area contributed by atoms with Gasteiger partial charge in [0.15, 0.2) is 5.65 Å². The minimum Gasteiger partial charge on any atom is -0.334 e. The van der Waals surface area contributed by atoms with Crippen molar-refractivity contribution in [3.05, 3.63) is 28.3 Å². The zero-order valence-electron chi connectivity index (χ0n) is 12.7. The van der Waals surface area contributed by atoms with Crippen LogP contribution >= 0.6 is 0 Å². The number of pyridine rings is 1. The van der Waals surface area contributed by atoms with E-state index in [4.69, 9.17) is 0 Å². The van der Waals surface area contributed by atoms with E-state index in [0.717, 1.165) is 0 Å². The molecule has 1 amide bonds. The maximum absolute atomic E-state index is 12.5. The van der Waals surface area contributed by atoms with Crippen molar-refractivity contribution < 1.29 is 13.2 Å². The molecule has 1 aliphatic rings. The fourth-order valence-electron chi connectivity index (χ4n) is 2.82. The Morgan fingerprint density at radius 1 is 1.30 bits per heavy atom. The van der Waals surface area contributed by atoms with Gasteiger partial charge < -0.3 is 9.88 Å². The van der Waals surface area contributed by atoms with E-state index >= 15 is 0 Å². The van der Waals surface area contributed by atoms with Gasteiger partial charge in [-0.1, -0.05) is 0 Å². The number of fused-ring (bicyclic) bond motifs is 1. The molecule has 1 saturated heterocycles. The van der Waals surface area contributed by atoms with Gasteiger partial charge in [0.25, 0.3) is 5.91 Å². The van der Waals surface area contributed by atoms with E-state index in [2.05, 4.69) is 15.0 Å². The van der Waals surface area contributed by atoms with Crippen LogP contribution in [0.15, 0.2) is 16.9 Å². The summed E-state index contributed by atoms with van der Waals surface area (Å²) in [5.41, 5.74) is 0.686. The number of hydrogen-bond donors (Lipinski definition) is 2. The number of piperazine rings is 1. The van der Waals surface area contributed by atoms with E-state index < -0.39 is 10.0 Å². The molecule has 0 spiro atoms. The van der Waals surface area contributed by atoms with Gasteiger partial charge in [-0.25, -0.2) is 18.2 Å². The van der Waals surface area contributed by atoms with E-state index in [1.165, 1.54) is 10.6 Å². The van der Waals surface area contributed by atoms with Gasteiger partial charge in [0.05, 0.1) is 11.8 Å². The Morgan fingerprint density at radius 3 is 2.70 bits per heavy atom. The lowest BCUT2D eigenvalue weighted by molar-refractivity contribution is 0.0637. The third-order valence-corrected chi connectivity index (χ3v) is 5.27. The Kier molecular flexibility index (Phi) is 3.72. The highest BCUT2D eigenvalue weighted by Crippen LogP contribution is 2.16. The first-order chi connectivity index (χ1) is 10.8. The van der Waals surface area contributed by atoms with Gasteiger partial charge in [-0.2, -0.15) is 4.31 Å². The van der Waals surface area contributed by atoms with Gasteiger partial charge in [-0.15, -0.1) is 0 Å². The Balaban J connectivity index is 1.81. The summed E-state index contributed by atoms with van der Waals surface area (Å²) in [7, 11) is -3.28. The first-order valence-electron chi connectivity index (χ1n) is 7.11. The lowest BCUT2D eigenvalue weighted by atomic mass is 10.2. The number of rotatable bonds is 2. The molecule has 2 aromatic rings. The molecule has 2 N–H and O–H groups in total. The lowest BCUT2D eigenvalue weighted by Gasteiger charge is -2.38. The van der Waals surface area contributed by atoms with Crippen molar-refractivity contribution in [3.63, 3.8) is 0 Å². The predicted molar refractivity (Wildman–Crippen MR) is 83.6 cm³/mol. The van der Waals surface area contributed by atoms with Crippen LogP contribution in [-0.4, -0.2) is 70.4 Å². The molecule has 3 heterocycles. The topological polar surface area (TPSA) is 119 Å². The van der Waals surface area contributed by atoms with Gasteiger partial charge in [-0.05, 0) is 19.1 Å². The highest BCUT2D eigenvalue weighted by atomic mass is 32.2. The molecule has 0 saturated carbocycles. The summed E-state index contributed by atoms with van der Waals surface area (Å²) in [6.07, 6.45) is 1.17. The monoisotopic (exact) mass is 339 g/mol. The number of carbonyl (C=O) groups excluding carboxylic acids is 1. The molecule has 0 radical (unpaired) electrons. The van der Waals surface area contributed by atoms with Gasteiger partial charge >= 0.3 is 5.69 Å². The molecule has 0 aromatic carbocycles. The summed E-state index contributed by atoms with van der Waals surface area (Å²) in [6.45, 7) is 2.63. The van der Waals surface area contributed by atoms with Crippen LogP contribution in [0.4, 0.5) is 0 Å². The molecule has 0 unspecified atom stereocenters. The molecule has 1 aliphatic heterocycles. The number of amides is 1. The molecular weight excluding hydrogens is 322 g/mol. The smallest absolute Gasteiger partial charge is 0.325 e. The fraction of sp³-hybridized carbons (Fsp3) is 0.462. The van der Waals surface area contributed by atoms with Gasteiger partial charge in [0, 0.05) is 25.7 Å². The normalized spacial score (nSPS) is 20.1. The van der Waals surface area contributed by atoms with E-state index in [0.29, 0.717) is 24.3 Å². The summed E-state index contributed by atoms with van der Waals surface area (Å²) in [5.74, 6) is -0.283. The van der Waals surface area contributed by atoms with Crippen molar-refractivity contribution in [1.29, 1.82) is 0 Å². The number of aromatic nitrogens is 3. The molecule has 3 rings (SSSR count). The van der Waals surface area contributed by atoms with Crippen LogP contribution in [0.5, 0.6) is 0 Å². The van der Waals surface area contributed by atoms with Gasteiger partial charge in [0.1, 0.15) is 5.69 Å². The van der Waals surface area contributed by atoms with E-state index in [1.807, 2.05) is 0 Å². The molecule has 0 aliphatic carbocycles. The second-order valence-electron chi connectivity index (χ2n) is 5.65. The van der Waals surface area contributed by atoms with E-state index in [1.54, 1.807) is 24.0 Å². The lowest BCUT2D eigenvalue weighted by Crippen LogP contribution is -2.55.